The number of methoxy groups -OCH3 is 4. The van der Waals surface area contributed by atoms with Gasteiger partial charge in [-0.3, -0.25) is 9.10 Å². The lowest BCUT2D eigenvalue weighted by atomic mass is 10.1. The lowest BCUT2D eigenvalue weighted by Crippen LogP contribution is -2.31. The van der Waals surface area contributed by atoms with Gasteiger partial charge in [-0.05, 0) is 35.9 Å². The number of amides is 1. The molecule has 0 unspecified atom stereocenters. The summed E-state index contributed by atoms with van der Waals surface area (Å²) in [6.07, 6.45) is 1.06. The fourth-order valence-electron chi connectivity index (χ4n) is 3.49. The Morgan fingerprint density at radius 3 is 2.03 bits per heavy atom. The van der Waals surface area contributed by atoms with Crippen LogP contribution < -0.4 is 28.6 Å². The van der Waals surface area contributed by atoms with Gasteiger partial charge in [0.25, 0.3) is 5.91 Å². The standard InChI is InChI=1S/C25H27ClN2O7S/c1-32-18-10-11-22(33-2)20(12-18)27-25(29)19-13-23(34-3)24(35-4)14-21(19)28(36(5,30)31)15-16-6-8-17(26)9-7-16/h6-14H,15H2,1-5H3,(H,27,29). The van der Waals surface area contributed by atoms with Gasteiger partial charge in [-0.25, -0.2) is 8.42 Å². The number of anilines is 2. The second kappa shape index (κ2) is 11.4. The number of halogens is 1. The third-order valence-electron chi connectivity index (χ3n) is 5.31. The normalized spacial score (nSPS) is 10.9. The maximum Gasteiger partial charge on any atom is 0.258 e. The van der Waals surface area contributed by atoms with Crippen LogP contribution in [0.5, 0.6) is 23.0 Å². The molecule has 36 heavy (non-hydrogen) atoms. The molecule has 0 atom stereocenters. The number of nitrogens with one attached hydrogen (secondary N) is 1. The Morgan fingerprint density at radius 2 is 1.47 bits per heavy atom. The zero-order chi connectivity index (χ0) is 26.5. The quantitative estimate of drug-likeness (QED) is 0.405. The predicted octanol–water partition coefficient (Wildman–Crippen LogP) is 4.59. The average Bonchev–Trinajstić information content (AvgIpc) is 2.86. The van der Waals surface area contributed by atoms with E-state index >= 15 is 0 Å². The molecule has 0 aliphatic carbocycles. The van der Waals surface area contributed by atoms with Crippen LogP contribution in [-0.2, 0) is 16.6 Å². The molecule has 0 heterocycles. The summed E-state index contributed by atoms with van der Waals surface area (Å²) < 4.78 is 48.4. The Morgan fingerprint density at radius 1 is 0.861 bits per heavy atom. The molecule has 11 heteroatoms. The Labute approximate surface area is 215 Å². The highest BCUT2D eigenvalue weighted by Gasteiger charge is 2.27. The highest BCUT2D eigenvalue weighted by Crippen LogP contribution is 2.38. The molecule has 0 fully saturated rings. The van der Waals surface area contributed by atoms with E-state index in [1.165, 1.54) is 40.6 Å². The van der Waals surface area contributed by atoms with Gasteiger partial charge >= 0.3 is 0 Å². The van der Waals surface area contributed by atoms with Gasteiger partial charge in [-0.1, -0.05) is 23.7 Å². The first-order chi connectivity index (χ1) is 17.1. The van der Waals surface area contributed by atoms with Crippen LogP contribution in [0.3, 0.4) is 0 Å². The number of carbonyl (C=O) groups excluding carboxylic acids is 1. The largest absolute Gasteiger partial charge is 0.497 e. The number of carbonyl (C=O) groups is 1. The van der Waals surface area contributed by atoms with E-state index in [0.717, 1.165) is 10.6 Å². The molecule has 0 aromatic heterocycles. The van der Waals surface area contributed by atoms with Crippen molar-refractivity contribution in [1.29, 1.82) is 0 Å². The third-order valence-corrected chi connectivity index (χ3v) is 6.69. The molecular weight excluding hydrogens is 508 g/mol. The molecule has 3 aromatic rings. The maximum absolute atomic E-state index is 13.6. The summed E-state index contributed by atoms with van der Waals surface area (Å²) in [6.45, 7) is -0.0474. The van der Waals surface area contributed by atoms with Crippen LogP contribution in [0, 0.1) is 0 Å². The molecule has 1 amide bonds. The fraction of sp³-hybridized carbons (Fsp3) is 0.240. The lowest BCUT2D eigenvalue weighted by molar-refractivity contribution is 0.102. The van der Waals surface area contributed by atoms with Crippen molar-refractivity contribution in [3.05, 3.63) is 70.7 Å². The molecule has 0 saturated heterocycles. The summed E-state index contributed by atoms with van der Waals surface area (Å²) in [7, 11) is 1.97. The van der Waals surface area contributed by atoms with Gasteiger partial charge in [-0.15, -0.1) is 0 Å². The van der Waals surface area contributed by atoms with Crippen molar-refractivity contribution in [2.24, 2.45) is 0 Å². The third kappa shape index (κ3) is 6.13. The van der Waals surface area contributed by atoms with Gasteiger partial charge in [0.15, 0.2) is 11.5 Å². The average molecular weight is 535 g/mol. The summed E-state index contributed by atoms with van der Waals surface area (Å²) in [6, 6.07) is 14.6. The first-order valence-corrected chi connectivity index (χ1v) is 12.9. The van der Waals surface area contributed by atoms with Gasteiger partial charge in [0.1, 0.15) is 11.5 Å². The minimum absolute atomic E-state index is 0.0388. The summed E-state index contributed by atoms with van der Waals surface area (Å²) in [4.78, 5) is 13.6. The molecule has 0 aliphatic heterocycles. The molecule has 0 radical (unpaired) electrons. The minimum atomic E-state index is -3.84. The SMILES string of the molecule is COc1ccc(OC)c(NC(=O)c2cc(OC)c(OC)cc2N(Cc2ccc(Cl)cc2)S(C)(=O)=O)c1. The van der Waals surface area contributed by atoms with E-state index in [9.17, 15) is 13.2 Å². The van der Waals surface area contributed by atoms with Crippen LogP contribution in [0.15, 0.2) is 54.6 Å². The summed E-state index contributed by atoms with van der Waals surface area (Å²) in [5.41, 5.74) is 1.15. The Bertz CT molecular complexity index is 1350. The summed E-state index contributed by atoms with van der Waals surface area (Å²) in [5, 5.41) is 3.30. The molecular formula is C25H27ClN2O7S. The highest BCUT2D eigenvalue weighted by molar-refractivity contribution is 7.92. The van der Waals surface area contributed by atoms with Gasteiger partial charge in [0, 0.05) is 17.2 Å². The highest BCUT2D eigenvalue weighted by atomic mass is 35.5. The zero-order valence-electron chi connectivity index (χ0n) is 20.5. The van der Waals surface area contributed by atoms with Crippen LogP contribution in [0.2, 0.25) is 5.02 Å². The Balaban J connectivity index is 2.15. The molecule has 9 nitrogen and oxygen atoms in total. The number of sulfonamides is 1. The van der Waals surface area contributed by atoms with Crippen molar-refractivity contribution < 1.29 is 32.2 Å². The second-order valence-corrected chi connectivity index (χ2v) is 9.98. The molecule has 0 aliphatic rings. The monoisotopic (exact) mass is 534 g/mol. The van der Waals surface area contributed by atoms with Crippen molar-refractivity contribution >= 4 is 38.9 Å². The number of nitrogens with zero attached hydrogens (tertiary/aromatic N) is 1. The van der Waals surface area contributed by atoms with E-state index in [4.69, 9.17) is 30.5 Å². The molecule has 0 bridgehead atoms. The molecule has 1 N–H and O–H groups in total. The van der Waals surface area contributed by atoms with Crippen LogP contribution in [-0.4, -0.2) is 49.0 Å². The molecule has 0 spiro atoms. The van der Waals surface area contributed by atoms with Crippen molar-refractivity contribution in [3.8, 4) is 23.0 Å². The fourth-order valence-corrected chi connectivity index (χ4v) is 4.51. The molecule has 3 aromatic carbocycles. The smallest absolute Gasteiger partial charge is 0.258 e. The molecule has 192 valence electrons. The van der Waals surface area contributed by atoms with E-state index in [1.807, 2.05) is 0 Å². The second-order valence-electron chi connectivity index (χ2n) is 7.64. The van der Waals surface area contributed by atoms with E-state index in [0.29, 0.717) is 27.8 Å². The Kier molecular flexibility index (Phi) is 8.54. The number of ether oxygens (including phenoxy) is 4. The van der Waals surface area contributed by atoms with Crippen molar-refractivity contribution in [3.63, 3.8) is 0 Å². The lowest BCUT2D eigenvalue weighted by Gasteiger charge is -2.26. The Hall–Kier alpha value is -3.63. The first-order valence-electron chi connectivity index (χ1n) is 10.6. The van der Waals surface area contributed by atoms with Crippen molar-refractivity contribution in [1.82, 2.24) is 0 Å². The minimum Gasteiger partial charge on any atom is -0.497 e. The summed E-state index contributed by atoms with van der Waals surface area (Å²) in [5.74, 6) is 0.811. The van der Waals surface area contributed by atoms with Crippen molar-refractivity contribution in [2.75, 3.05) is 44.3 Å². The number of benzene rings is 3. The van der Waals surface area contributed by atoms with E-state index < -0.39 is 15.9 Å². The van der Waals surface area contributed by atoms with E-state index in [1.54, 1.807) is 42.5 Å². The summed E-state index contributed by atoms with van der Waals surface area (Å²) >= 11 is 5.98. The van der Waals surface area contributed by atoms with Crippen LogP contribution in [0.1, 0.15) is 15.9 Å². The maximum atomic E-state index is 13.6. The van der Waals surface area contributed by atoms with E-state index in [-0.39, 0.29) is 29.3 Å². The predicted molar refractivity (Wildman–Crippen MR) is 140 cm³/mol. The first kappa shape index (κ1) is 27.0. The van der Waals surface area contributed by atoms with Gasteiger partial charge < -0.3 is 24.3 Å². The van der Waals surface area contributed by atoms with E-state index in [2.05, 4.69) is 5.32 Å². The molecule has 3 rings (SSSR count). The zero-order valence-corrected chi connectivity index (χ0v) is 22.1. The van der Waals surface area contributed by atoms with Crippen molar-refractivity contribution in [2.45, 2.75) is 6.54 Å². The number of hydrogen-bond donors (Lipinski definition) is 1. The van der Waals surface area contributed by atoms with Crippen LogP contribution in [0.4, 0.5) is 11.4 Å². The van der Waals surface area contributed by atoms with Gasteiger partial charge in [-0.2, -0.15) is 0 Å². The number of rotatable bonds is 10. The van der Waals surface area contributed by atoms with Gasteiger partial charge in [0.2, 0.25) is 10.0 Å². The van der Waals surface area contributed by atoms with Crippen LogP contribution in [0.25, 0.3) is 0 Å². The number of hydrogen-bond acceptors (Lipinski definition) is 7. The van der Waals surface area contributed by atoms with Crippen LogP contribution >= 0.6 is 11.6 Å². The molecule has 0 saturated carbocycles. The van der Waals surface area contributed by atoms with Gasteiger partial charge in [0.05, 0.1) is 58.2 Å². The topological polar surface area (TPSA) is 103 Å².